The number of nitrogens with one attached hydrogen (secondary N) is 1. The van der Waals surface area contributed by atoms with Crippen LogP contribution in [0.2, 0.25) is 0 Å². The lowest BCUT2D eigenvalue weighted by Gasteiger charge is -1.98. The lowest BCUT2D eigenvalue weighted by molar-refractivity contribution is 0.249. The number of ether oxygens (including phenoxy) is 1. The second-order valence-electron chi connectivity index (χ2n) is 2.81. The molecular formula is C7H11N3O2. The summed E-state index contributed by atoms with van der Waals surface area (Å²) in [6, 6.07) is 0. The van der Waals surface area contributed by atoms with E-state index in [2.05, 4.69) is 15.5 Å². The van der Waals surface area contributed by atoms with E-state index in [0.29, 0.717) is 5.92 Å². The quantitative estimate of drug-likeness (QED) is 0.683. The van der Waals surface area contributed by atoms with Gasteiger partial charge >= 0.3 is 6.08 Å². The fourth-order valence-corrected chi connectivity index (χ4v) is 1.34. The average Bonchev–Trinajstić information content (AvgIpc) is 2.75. The maximum Gasteiger partial charge on any atom is 0.417 e. The molecule has 0 radical (unpaired) electrons. The van der Waals surface area contributed by atoms with Crippen LogP contribution in [-0.2, 0) is 0 Å². The van der Waals surface area contributed by atoms with E-state index in [0.717, 1.165) is 25.3 Å². The maximum absolute atomic E-state index is 4.82. The summed E-state index contributed by atoms with van der Waals surface area (Å²) in [5.74, 6) is 1.13. The van der Waals surface area contributed by atoms with Crippen molar-refractivity contribution in [2.24, 2.45) is 0 Å². The molecule has 0 saturated carbocycles. The average molecular weight is 169 g/mol. The molecule has 0 spiro atoms. The molecule has 12 heavy (non-hydrogen) atoms. The fraction of sp³-hybridized carbons (Fsp3) is 0.714. The highest BCUT2D eigenvalue weighted by atomic mass is 16.6. The Morgan fingerprint density at radius 1 is 1.67 bits per heavy atom. The van der Waals surface area contributed by atoms with E-state index in [-0.39, 0.29) is 6.08 Å². The standard InChI is InChI=1S/C7H11N3O2/c1-11-7-9-6(10-12-7)5-2-3-8-4-5/h5,8H,2-4H2,1H3. The van der Waals surface area contributed by atoms with Gasteiger partial charge in [0.2, 0.25) is 0 Å². The molecule has 2 heterocycles. The van der Waals surface area contributed by atoms with E-state index < -0.39 is 0 Å². The molecule has 1 atom stereocenters. The third kappa shape index (κ3) is 1.27. The molecule has 1 aliphatic heterocycles. The molecular weight excluding hydrogens is 158 g/mol. The van der Waals surface area contributed by atoms with Crippen molar-refractivity contribution in [1.29, 1.82) is 0 Å². The highest BCUT2D eigenvalue weighted by Crippen LogP contribution is 2.20. The normalized spacial score (nSPS) is 22.9. The first-order valence-corrected chi connectivity index (χ1v) is 3.98. The van der Waals surface area contributed by atoms with Gasteiger partial charge in [-0.3, -0.25) is 4.52 Å². The molecule has 0 amide bonds. The third-order valence-electron chi connectivity index (χ3n) is 2.02. The molecule has 1 aromatic heterocycles. The molecule has 0 bridgehead atoms. The Bertz CT molecular complexity index is 255. The Kier molecular flexibility index (Phi) is 1.95. The Morgan fingerprint density at radius 2 is 2.58 bits per heavy atom. The number of nitrogens with zero attached hydrogens (tertiary/aromatic N) is 2. The van der Waals surface area contributed by atoms with Crippen molar-refractivity contribution in [1.82, 2.24) is 15.5 Å². The summed E-state index contributed by atoms with van der Waals surface area (Å²) in [6.07, 6.45) is 1.32. The molecule has 1 saturated heterocycles. The van der Waals surface area contributed by atoms with Crippen LogP contribution in [0.5, 0.6) is 6.08 Å². The highest BCUT2D eigenvalue weighted by molar-refractivity contribution is 5.01. The van der Waals surface area contributed by atoms with Gasteiger partial charge in [0.25, 0.3) is 0 Å². The van der Waals surface area contributed by atoms with Crippen molar-refractivity contribution in [3.8, 4) is 6.08 Å². The van der Waals surface area contributed by atoms with E-state index in [9.17, 15) is 0 Å². The minimum atomic E-state index is 0.247. The van der Waals surface area contributed by atoms with Gasteiger partial charge in [-0.25, -0.2) is 0 Å². The monoisotopic (exact) mass is 169 g/mol. The van der Waals surface area contributed by atoms with E-state index in [4.69, 9.17) is 9.26 Å². The van der Waals surface area contributed by atoms with E-state index in [1.165, 1.54) is 7.11 Å². The number of methoxy groups -OCH3 is 1. The first-order valence-electron chi connectivity index (χ1n) is 3.98. The molecule has 2 rings (SSSR count). The van der Waals surface area contributed by atoms with Crippen LogP contribution in [0.1, 0.15) is 18.2 Å². The van der Waals surface area contributed by atoms with Crippen LogP contribution in [-0.4, -0.2) is 30.3 Å². The van der Waals surface area contributed by atoms with Crippen LogP contribution in [0.4, 0.5) is 0 Å². The van der Waals surface area contributed by atoms with Crippen molar-refractivity contribution >= 4 is 0 Å². The van der Waals surface area contributed by atoms with Gasteiger partial charge in [-0.1, -0.05) is 5.16 Å². The van der Waals surface area contributed by atoms with Gasteiger partial charge in [0, 0.05) is 12.5 Å². The predicted molar refractivity (Wildman–Crippen MR) is 41.1 cm³/mol. The zero-order valence-electron chi connectivity index (χ0n) is 6.91. The molecule has 66 valence electrons. The maximum atomic E-state index is 4.82. The van der Waals surface area contributed by atoms with Gasteiger partial charge in [-0.2, -0.15) is 4.98 Å². The second kappa shape index (κ2) is 3.10. The fourth-order valence-electron chi connectivity index (χ4n) is 1.34. The van der Waals surface area contributed by atoms with Gasteiger partial charge in [0.15, 0.2) is 5.82 Å². The van der Waals surface area contributed by atoms with E-state index in [1.807, 2.05) is 0 Å². The van der Waals surface area contributed by atoms with Gasteiger partial charge in [-0.15, -0.1) is 0 Å². The molecule has 5 nitrogen and oxygen atoms in total. The lowest BCUT2D eigenvalue weighted by Crippen LogP contribution is -2.08. The lowest BCUT2D eigenvalue weighted by atomic mass is 10.1. The van der Waals surface area contributed by atoms with Gasteiger partial charge in [0.1, 0.15) is 0 Å². The summed E-state index contributed by atoms with van der Waals surface area (Å²) in [5.41, 5.74) is 0. The van der Waals surface area contributed by atoms with Gasteiger partial charge < -0.3 is 10.1 Å². The van der Waals surface area contributed by atoms with Gasteiger partial charge in [0.05, 0.1) is 7.11 Å². The highest BCUT2D eigenvalue weighted by Gasteiger charge is 2.21. The number of aromatic nitrogens is 2. The Hall–Kier alpha value is -1.10. The minimum absolute atomic E-state index is 0.247. The summed E-state index contributed by atoms with van der Waals surface area (Å²) in [5, 5.41) is 7.05. The summed E-state index contributed by atoms with van der Waals surface area (Å²) < 4.78 is 9.61. The molecule has 1 N–H and O–H groups in total. The number of hydrogen-bond donors (Lipinski definition) is 1. The van der Waals surface area contributed by atoms with Crippen molar-refractivity contribution in [2.45, 2.75) is 12.3 Å². The summed E-state index contributed by atoms with van der Waals surface area (Å²) >= 11 is 0. The van der Waals surface area contributed by atoms with Crippen LogP contribution in [0, 0.1) is 0 Å². The first kappa shape index (κ1) is 7.54. The summed E-state index contributed by atoms with van der Waals surface area (Å²) in [4.78, 5) is 4.07. The van der Waals surface area contributed by atoms with E-state index in [1.54, 1.807) is 0 Å². The molecule has 1 fully saturated rings. The Morgan fingerprint density at radius 3 is 3.17 bits per heavy atom. The van der Waals surface area contributed by atoms with Gasteiger partial charge in [-0.05, 0) is 13.0 Å². The Balaban J connectivity index is 2.11. The molecule has 1 aliphatic rings. The molecule has 5 heteroatoms. The van der Waals surface area contributed by atoms with Crippen LogP contribution in [0.3, 0.4) is 0 Å². The van der Waals surface area contributed by atoms with Crippen LogP contribution in [0.25, 0.3) is 0 Å². The predicted octanol–water partition coefficient (Wildman–Crippen LogP) is 0.155. The SMILES string of the molecule is COc1nc(C2CCNC2)no1. The van der Waals surface area contributed by atoms with Crippen molar-refractivity contribution in [2.75, 3.05) is 20.2 Å². The van der Waals surface area contributed by atoms with Crippen molar-refractivity contribution in [3.05, 3.63) is 5.82 Å². The van der Waals surface area contributed by atoms with Crippen LogP contribution < -0.4 is 10.1 Å². The van der Waals surface area contributed by atoms with Crippen LogP contribution >= 0.6 is 0 Å². The Labute approximate surface area is 70.1 Å². The summed E-state index contributed by atoms with van der Waals surface area (Å²) in [7, 11) is 1.52. The van der Waals surface area contributed by atoms with Crippen LogP contribution in [0.15, 0.2) is 4.52 Å². The van der Waals surface area contributed by atoms with E-state index >= 15 is 0 Å². The van der Waals surface area contributed by atoms with Crippen molar-refractivity contribution in [3.63, 3.8) is 0 Å². The first-order chi connectivity index (χ1) is 5.90. The molecule has 0 aromatic carbocycles. The number of rotatable bonds is 2. The second-order valence-corrected chi connectivity index (χ2v) is 2.81. The number of hydrogen-bond acceptors (Lipinski definition) is 5. The summed E-state index contributed by atoms with van der Waals surface area (Å²) in [6.45, 7) is 1.96. The minimum Gasteiger partial charge on any atom is -0.452 e. The molecule has 1 unspecified atom stereocenters. The zero-order chi connectivity index (χ0) is 8.39. The molecule has 0 aliphatic carbocycles. The smallest absolute Gasteiger partial charge is 0.417 e. The van der Waals surface area contributed by atoms with Crippen molar-refractivity contribution < 1.29 is 9.26 Å². The zero-order valence-corrected chi connectivity index (χ0v) is 6.91. The third-order valence-corrected chi connectivity index (χ3v) is 2.02. The topological polar surface area (TPSA) is 60.2 Å². The largest absolute Gasteiger partial charge is 0.452 e. The molecule has 1 aromatic rings.